The molecule has 14 heavy (non-hydrogen) atoms. The zero-order valence-electron chi connectivity index (χ0n) is 11.3. The molecule has 0 N–H and O–H groups in total. The van der Waals surface area contributed by atoms with Gasteiger partial charge >= 0.3 is 0 Å². The second kappa shape index (κ2) is 3.74. The van der Waals surface area contributed by atoms with Crippen LogP contribution in [0.25, 0.3) is 0 Å². The zero-order chi connectivity index (χ0) is 12.0. The van der Waals surface area contributed by atoms with Gasteiger partial charge in [-0.3, -0.25) is 0 Å². The lowest BCUT2D eigenvalue weighted by atomic mass is 10.2. The van der Waals surface area contributed by atoms with E-state index in [2.05, 4.69) is 77.8 Å². The van der Waals surface area contributed by atoms with E-state index in [0.717, 1.165) is 0 Å². The normalized spacial score (nSPS) is 15.9. The molecule has 0 spiro atoms. The summed E-state index contributed by atoms with van der Waals surface area (Å²) in [6, 6.07) is 0. The van der Waals surface area contributed by atoms with Gasteiger partial charge in [0.15, 0.2) is 0 Å². The molecule has 0 fully saturated rings. The van der Waals surface area contributed by atoms with Crippen LogP contribution in [-0.2, 0) is 0 Å². The van der Waals surface area contributed by atoms with Crippen LogP contribution >= 0.6 is 21.5 Å². The third-order valence-electron chi connectivity index (χ3n) is 2.77. The molecule has 0 aliphatic rings. The molecule has 0 rings (SSSR count). The third kappa shape index (κ3) is 2.35. The van der Waals surface area contributed by atoms with Crippen molar-refractivity contribution in [3.8, 4) is 0 Å². The van der Waals surface area contributed by atoms with E-state index < -0.39 is 5.96 Å². The molecule has 0 aliphatic heterocycles. The van der Waals surface area contributed by atoms with Crippen LogP contribution in [0.2, 0.25) is 0 Å². The quantitative estimate of drug-likeness (QED) is 0.499. The highest BCUT2D eigenvalue weighted by Crippen LogP contribution is 2.88. The lowest BCUT2D eigenvalue weighted by Crippen LogP contribution is -2.40. The van der Waals surface area contributed by atoms with Gasteiger partial charge in [0.2, 0.25) is 0 Å². The molecule has 0 aromatic heterocycles. The zero-order valence-corrected chi connectivity index (χ0v) is 13.8. The SMILES string of the molecule is CC(C)(C)[P+](Br)(C(C)(C)C)C(C)(C)C. The van der Waals surface area contributed by atoms with E-state index in [4.69, 9.17) is 0 Å². The Hall–Kier alpha value is 0.910. The molecule has 0 radical (unpaired) electrons. The van der Waals surface area contributed by atoms with Crippen molar-refractivity contribution < 1.29 is 0 Å². The summed E-state index contributed by atoms with van der Waals surface area (Å²) in [5.41, 5.74) is 0. The van der Waals surface area contributed by atoms with Crippen LogP contribution in [0.4, 0.5) is 0 Å². The van der Waals surface area contributed by atoms with Crippen molar-refractivity contribution in [3.63, 3.8) is 0 Å². The van der Waals surface area contributed by atoms with Crippen LogP contribution in [0.15, 0.2) is 0 Å². The van der Waals surface area contributed by atoms with Gasteiger partial charge in [-0.05, 0) is 62.3 Å². The number of hydrogen-bond acceptors (Lipinski definition) is 0. The summed E-state index contributed by atoms with van der Waals surface area (Å²) in [6.45, 7) is 21.3. The highest BCUT2D eigenvalue weighted by Gasteiger charge is 2.63. The first kappa shape index (κ1) is 14.9. The summed E-state index contributed by atoms with van der Waals surface area (Å²) in [5, 5.41) is 1.05. The van der Waals surface area contributed by atoms with Crippen LogP contribution in [0.5, 0.6) is 0 Å². The van der Waals surface area contributed by atoms with Crippen LogP contribution in [-0.4, -0.2) is 15.5 Å². The van der Waals surface area contributed by atoms with Crippen LogP contribution in [0.3, 0.4) is 0 Å². The minimum Gasteiger partial charge on any atom is -0.0251 e. The van der Waals surface area contributed by atoms with Crippen LogP contribution < -0.4 is 0 Å². The van der Waals surface area contributed by atoms with Gasteiger partial charge in [-0.2, -0.15) is 0 Å². The summed E-state index contributed by atoms with van der Waals surface area (Å²) < 4.78 is 0. The first-order valence-corrected chi connectivity index (χ1v) is 9.15. The summed E-state index contributed by atoms with van der Waals surface area (Å²) in [4.78, 5) is 0. The van der Waals surface area contributed by atoms with Crippen LogP contribution in [0, 0.1) is 0 Å². The molecular weight excluding hydrogens is 255 g/mol. The van der Waals surface area contributed by atoms with Crippen molar-refractivity contribution in [2.45, 2.75) is 77.8 Å². The molecule has 0 heterocycles. The average molecular weight is 282 g/mol. The molecule has 86 valence electrons. The highest BCUT2D eigenvalue weighted by molar-refractivity contribution is 9.42. The smallest absolute Gasteiger partial charge is 0.0251 e. The van der Waals surface area contributed by atoms with Gasteiger partial charge in [0.05, 0.1) is 21.4 Å². The number of hydrogen-bond donors (Lipinski definition) is 0. The first-order valence-electron chi connectivity index (χ1n) is 5.34. The molecule has 0 unspecified atom stereocenters. The van der Waals surface area contributed by atoms with Gasteiger partial charge < -0.3 is 0 Å². The summed E-state index contributed by atoms with van der Waals surface area (Å²) in [7, 11) is 0. The minimum absolute atomic E-state index is 0.351. The Morgan fingerprint density at radius 3 is 0.714 bits per heavy atom. The van der Waals surface area contributed by atoms with Crippen molar-refractivity contribution in [1.29, 1.82) is 0 Å². The fraction of sp³-hybridized carbons (Fsp3) is 1.00. The first-order chi connectivity index (χ1) is 5.75. The fourth-order valence-corrected chi connectivity index (χ4v) is 9.06. The van der Waals surface area contributed by atoms with E-state index in [1.54, 1.807) is 0 Å². The molecule has 0 saturated heterocycles. The molecule has 0 amide bonds. The maximum Gasteiger partial charge on any atom is 0.140 e. The Morgan fingerprint density at radius 1 is 0.571 bits per heavy atom. The summed E-state index contributed by atoms with van der Waals surface area (Å²) >= 11 is 4.16. The molecular formula is C12H27BrP+. The summed E-state index contributed by atoms with van der Waals surface area (Å²) in [5.74, 6) is -1.21. The van der Waals surface area contributed by atoms with E-state index >= 15 is 0 Å². The van der Waals surface area contributed by atoms with Gasteiger partial charge in [-0.15, -0.1) is 0 Å². The highest BCUT2D eigenvalue weighted by atomic mass is 79.9. The van der Waals surface area contributed by atoms with E-state index in [1.807, 2.05) is 0 Å². The van der Waals surface area contributed by atoms with Gasteiger partial charge in [0, 0.05) is 0 Å². The molecule has 0 bridgehead atoms. The average Bonchev–Trinajstić information content (AvgIpc) is 1.77. The molecule has 0 saturated carbocycles. The topological polar surface area (TPSA) is 0 Å². The van der Waals surface area contributed by atoms with E-state index in [0.29, 0.717) is 15.5 Å². The Labute approximate surface area is 99.3 Å². The molecule has 0 aliphatic carbocycles. The molecule has 0 aromatic carbocycles. The van der Waals surface area contributed by atoms with Gasteiger partial charge in [0.25, 0.3) is 0 Å². The molecule has 0 aromatic rings. The van der Waals surface area contributed by atoms with Gasteiger partial charge in [0.1, 0.15) is 15.5 Å². The largest absolute Gasteiger partial charge is 0.140 e. The maximum absolute atomic E-state index is 4.16. The van der Waals surface area contributed by atoms with Gasteiger partial charge in [-0.1, -0.05) is 0 Å². The van der Waals surface area contributed by atoms with Crippen LogP contribution in [0.1, 0.15) is 62.3 Å². The van der Waals surface area contributed by atoms with E-state index in [1.165, 1.54) is 0 Å². The molecule has 0 nitrogen and oxygen atoms in total. The molecule has 2 heteroatoms. The third-order valence-corrected chi connectivity index (χ3v) is 17.9. The van der Waals surface area contributed by atoms with Crippen molar-refractivity contribution >= 4 is 21.5 Å². The Kier molecular flexibility index (Phi) is 3.98. The van der Waals surface area contributed by atoms with Crippen molar-refractivity contribution in [1.82, 2.24) is 0 Å². The predicted molar refractivity (Wildman–Crippen MR) is 75.1 cm³/mol. The minimum atomic E-state index is -1.21. The molecule has 0 atom stereocenters. The Morgan fingerprint density at radius 2 is 0.714 bits per heavy atom. The number of rotatable bonds is 0. The Bertz CT molecular complexity index is 164. The van der Waals surface area contributed by atoms with Gasteiger partial charge in [-0.25, -0.2) is 0 Å². The van der Waals surface area contributed by atoms with Crippen molar-refractivity contribution in [2.75, 3.05) is 0 Å². The second-order valence-electron chi connectivity index (χ2n) is 7.10. The predicted octanol–water partition coefficient (Wildman–Crippen LogP) is 5.71. The Balaban J connectivity index is 5.54. The monoisotopic (exact) mass is 281 g/mol. The second-order valence-corrected chi connectivity index (χ2v) is 15.5. The fourth-order valence-electron chi connectivity index (χ4n) is 3.02. The lowest BCUT2D eigenvalue weighted by Gasteiger charge is -2.49. The summed E-state index contributed by atoms with van der Waals surface area (Å²) in [6.07, 6.45) is 0. The number of halogens is 1. The van der Waals surface area contributed by atoms with Crippen molar-refractivity contribution in [3.05, 3.63) is 0 Å². The van der Waals surface area contributed by atoms with E-state index in [-0.39, 0.29) is 0 Å². The standard InChI is InChI=1S/C12H27BrP/c1-10(2,3)14(13,11(4,5)6)12(7,8)9/h1-9H3/q+1. The lowest BCUT2D eigenvalue weighted by molar-refractivity contribution is 0.639. The maximum atomic E-state index is 4.16. The van der Waals surface area contributed by atoms with Crippen molar-refractivity contribution in [2.24, 2.45) is 0 Å². The van der Waals surface area contributed by atoms with E-state index in [9.17, 15) is 0 Å².